The van der Waals surface area contributed by atoms with Gasteiger partial charge < -0.3 is 11.1 Å². The number of nitrogens with two attached hydrogens (primary N) is 1. The highest BCUT2D eigenvalue weighted by atomic mass is 16.2. The van der Waals surface area contributed by atoms with Gasteiger partial charge in [-0.1, -0.05) is 58.0 Å². The van der Waals surface area contributed by atoms with Crippen LogP contribution in [0.1, 0.15) is 45.7 Å². The van der Waals surface area contributed by atoms with Gasteiger partial charge >= 0.3 is 0 Å². The first-order chi connectivity index (χ1) is 10.5. The number of hydrogen-bond donors (Lipinski definition) is 2. The predicted octanol–water partition coefficient (Wildman–Crippen LogP) is 2.56. The maximum absolute atomic E-state index is 12.3. The molecule has 3 N–H and O–H groups in total. The smallest absolute Gasteiger partial charge is 0.241 e. The number of rotatable bonds is 9. The standard InChI is InChI=1S/C18H31N3O/c1-5-21(6-2)16(12-14(3)4)13-20-18(22)17(19)15-10-8-7-9-11-15/h7-11,14,16-17H,5-6,12-13,19H2,1-4H3,(H,20,22). The normalized spacial score (nSPS) is 14.1. The Morgan fingerprint density at radius 2 is 1.77 bits per heavy atom. The summed E-state index contributed by atoms with van der Waals surface area (Å²) in [6.45, 7) is 11.4. The molecule has 0 aliphatic rings. The number of nitrogens with zero attached hydrogens (tertiary/aromatic N) is 1. The lowest BCUT2D eigenvalue weighted by atomic mass is 10.0. The molecule has 0 fully saturated rings. The molecule has 0 bridgehead atoms. The number of carbonyl (C=O) groups is 1. The van der Waals surface area contributed by atoms with Crippen LogP contribution in [0.25, 0.3) is 0 Å². The molecular formula is C18H31N3O. The van der Waals surface area contributed by atoms with Crippen LogP contribution in [0.5, 0.6) is 0 Å². The molecule has 0 radical (unpaired) electrons. The van der Waals surface area contributed by atoms with Gasteiger partial charge in [0.15, 0.2) is 0 Å². The second kappa shape index (κ2) is 9.59. The van der Waals surface area contributed by atoms with Gasteiger partial charge in [0.25, 0.3) is 0 Å². The van der Waals surface area contributed by atoms with Gasteiger partial charge in [0.2, 0.25) is 5.91 Å². The van der Waals surface area contributed by atoms with Crippen LogP contribution in [0, 0.1) is 5.92 Å². The minimum atomic E-state index is -0.599. The predicted molar refractivity (Wildman–Crippen MR) is 92.5 cm³/mol. The second-order valence-corrected chi connectivity index (χ2v) is 6.14. The molecule has 0 aliphatic carbocycles. The lowest BCUT2D eigenvalue weighted by Gasteiger charge is -2.31. The molecule has 0 saturated carbocycles. The van der Waals surface area contributed by atoms with E-state index in [1.165, 1.54) is 0 Å². The van der Waals surface area contributed by atoms with E-state index in [1.807, 2.05) is 30.3 Å². The van der Waals surface area contributed by atoms with Crippen LogP contribution in [0.3, 0.4) is 0 Å². The van der Waals surface area contributed by atoms with Crippen molar-refractivity contribution in [3.8, 4) is 0 Å². The molecule has 4 heteroatoms. The Hall–Kier alpha value is -1.39. The fourth-order valence-electron chi connectivity index (χ4n) is 2.79. The molecule has 1 aromatic carbocycles. The molecule has 0 heterocycles. The molecule has 22 heavy (non-hydrogen) atoms. The SMILES string of the molecule is CCN(CC)C(CNC(=O)C(N)c1ccccc1)CC(C)C. The van der Waals surface area contributed by atoms with Crippen LogP contribution < -0.4 is 11.1 Å². The summed E-state index contributed by atoms with van der Waals surface area (Å²) in [4.78, 5) is 14.7. The van der Waals surface area contributed by atoms with Crippen LogP contribution in [0.15, 0.2) is 30.3 Å². The minimum Gasteiger partial charge on any atom is -0.353 e. The molecule has 1 amide bonds. The molecule has 0 aromatic heterocycles. The zero-order valence-corrected chi connectivity index (χ0v) is 14.4. The van der Waals surface area contributed by atoms with Crippen molar-refractivity contribution in [3.05, 3.63) is 35.9 Å². The second-order valence-electron chi connectivity index (χ2n) is 6.14. The molecule has 1 rings (SSSR count). The fraction of sp³-hybridized carbons (Fsp3) is 0.611. The van der Waals surface area contributed by atoms with Gasteiger partial charge in [-0.25, -0.2) is 0 Å². The lowest BCUT2D eigenvalue weighted by molar-refractivity contribution is -0.122. The highest BCUT2D eigenvalue weighted by Crippen LogP contribution is 2.12. The van der Waals surface area contributed by atoms with Crippen LogP contribution in [-0.2, 0) is 4.79 Å². The molecule has 4 nitrogen and oxygen atoms in total. The molecule has 0 saturated heterocycles. The lowest BCUT2D eigenvalue weighted by Crippen LogP contribution is -2.46. The average Bonchev–Trinajstić information content (AvgIpc) is 2.52. The summed E-state index contributed by atoms with van der Waals surface area (Å²) in [7, 11) is 0. The van der Waals surface area contributed by atoms with E-state index < -0.39 is 6.04 Å². The van der Waals surface area contributed by atoms with Crippen molar-refractivity contribution in [2.75, 3.05) is 19.6 Å². The first kappa shape index (κ1) is 18.7. The van der Waals surface area contributed by atoms with E-state index in [2.05, 4.69) is 37.9 Å². The third-order valence-corrected chi connectivity index (χ3v) is 4.03. The summed E-state index contributed by atoms with van der Waals surface area (Å²) in [5, 5.41) is 3.03. The van der Waals surface area contributed by atoms with Gasteiger partial charge in [-0.05, 0) is 31.0 Å². The van der Waals surface area contributed by atoms with Crippen molar-refractivity contribution < 1.29 is 4.79 Å². The summed E-state index contributed by atoms with van der Waals surface area (Å²) in [6, 6.07) is 9.27. The van der Waals surface area contributed by atoms with Crippen LogP contribution in [-0.4, -0.2) is 36.5 Å². The molecule has 0 spiro atoms. The quantitative estimate of drug-likeness (QED) is 0.737. The van der Waals surface area contributed by atoms with E-state index in [-0.39, 0.29) is 5.91 Å². The third kappa shape index (κ3) is 5.78. The Bertz CT molecular complexity index is 429. The van der Waals surface area contributed by atoms with E-state index in [4.69, 9.17) is 5.73 Å². The number of likely N-dealkylation sites (N-methyl/N-ethyl adjacent to an activating group) is 1. The largest absolute Gasteiger partial charge is 0.353 e. The van der Waals surface area contributed by atoms with Gasteiger partial charge in [0.1, 0.15) is 6.04 Å². The summed E-state index contributed by atoms with van der Waals surface area (Å²) < 4.78 is 0. The Morgan fingerprint density at radius 1 is 1.18 bits per heavy atom. The van der Waals surface area contributed by atoms with Gasteiger partial charge in [-0.15, -0.1) is 0 Å². The Balaban J connectivity index is 2.61. The Morgan fingerprint density at radius 3 is 2.27 bits per heavy atom. The van der Waals surface area contributed by atoms with Crippen LogP contribution in [0.2, 0.25) is 0 Å². The van der Waals surface area contributed by atoms with E-state index in [0.29, 0.717) is 18.5 Å². The Kier molecular flexibility index (Phi) is 8.13. The van der Waals surface area contributed by atoms with E-state index in [1.54, 1.807) is 0 Å². The summed E-state index contributed by atoms with van der Waals surface area (Å²) in [6.07, 6.45) is 1.07. The van der Waals surface area contributed by atoms with Crippen molar-refractivity contribution in [2.45, 2.75) is 46.2 Å². The van der Waals surface area contributed by atoms with Gasteiger partial charge in [0, 0.05) is 12.6 Å². The maximum atomic E-state index is 12.3. The highest BCUT2D eigenvalue weighted by Gasteiger charge is 2.20. The zero-order chi connectivity index (χ0) is 16.5. The molecule has 2 unspecified atom stereocenters. The summed E-state index contributed by atoms with van der Waals surface area (Å²) >= 11 is 0. The van der Waals surface area contributed by atoms with Gasteiger partial charge in [-0.3, -0.25) is 9.69 Å². The molecule has 0 aliphatic heterocycles. The van der Waals surface area contributed by atoms with Crippen LogP contribution in [0.4, 0.5) is 0 Å². The monoisotopic (exact) mass is 305 g/mol. The van der Waals surface area contributed by atoms with Crippen molar-refractivity contribution >= 4 is 5.91 Å². The number of hydrogen-bond acceptors (Lipinski definition) is 3. The number of amides is 1. The van der Waals surface area contributed by atoms with Crippen molar-refractivity contribution in [2.24, 2.45) is 11.7 Å². The average molecular weight is 305 g/mol. The fourth-order valence-corrected chi connectivity index (χ4v) is 2.79. The molecule has 2 atom stereocenters. The highest BCUT2D eigenvalue weighted by molar-refractivity contribution is 5.82. The maximum Gasteiger partial charge on any atom is 0.241 e. The third-order valence-electron chi connectivity index (χ3n) is 4.03. The molecule has 124 valence electrons. The number of nitrogens with one attached hydrogen (secondary N) is 1. The van der Waals surface area contributed by atoms with Crippen molar-refractivity contribution in [1.29, 1.82) is 0 Å². The first-order valence-electron chi connectivity index (χ1n) is 8.31. The molecular weight excluding hydrogens is 274 g/mol. The van der Waals surface area contributed by atoms with Gasteiger partial charge in [0.05, 0.1) is 0 Å². The van der Waals surface area contributed by atoms with Crippen molar-refractivity contribution in [1.82, 2.24) is 10.2 Å². The number of benzene rings is 1. The summed E-state index contributed by atoms with van der Waals surface area (Å²) in [5.41, 5.74) is 6.89. The van der Waals surface area contributed by atoms with E-state index >= 15 is 0 Å². The van der Waals surface area contributed by atoms with E-state index in [0.717, 1.165) is 25.1 Å². The zero-order valence-electron chi connectivity index (χ0n) is 14.4. The Labute approximate surface area is 135 Å². The topological polar surface area (TPSA) is 58.4 Å². The minimum absolute atomic E-state index is 0.105. The van der Waals surface area contributed by atoms with Crippen molar-refractivity contribution in [3.63, 3.8) is 0 Å². The van der Waals surface area contributed by atoms with E-state index in [9.17, 15) is 4.79 Å². The van der Waals surface area contributed by atoms with Gasteiger partial charge in [-0.2, -0.15) is 0 Å². The first-order valence-corrected chi connectivity index (χ1v) is 8.31. The summed E-state index contributed by atoms with van der Waals surface area (Å²) in [5.74, 6) is 0.498. The number of carbonyl (C=O) groups excluding carboxylic acids is 1. The van der Waals surface area contributed by atoms with Crippen LogP contribution >= 0.6 is 0 Å². The molecule has 1 aromatic rings.